The molecule has 1 aliphatic carbocycles. The van der Waals surface area contributed by atoms with Crippen LogP contribution in [0.25, 0.3) is 0 Å². The van der Waals surface area contributed by atoms with E-state index in [1.165, 1.54) is 25.0 Å². The molecule has 0 bridgehead atoms. The molecule has 1 aromatic rings. The first-order chi connectivity index (χ1) is 8.08. The monoisotopic (exact) mass is 235 g/mol. The van der Waals surface area contributed by atoms with Crippen LogP contribution in [0.15, 0.2) is 16.9 Å². The van der Waals surface area contributed by atoms with Crippen LogP contribution >= 0.6 is 0 Å². The average Bonchev–Trinajstić information content (AvgIpc) is 3.09. The van der Waals surface area contributed by atoms with Gasteiger partial charge in [-0.05, 0) is 38.7 Å². The molecule has 5 heteroatoms. The Morgan fingerprint density at radius 3 is 2.71 bits per heavy atom. The van der Waals surface area contributed by atoms with Gasteiger partial charge in [-0.15, -0.1) is 0 Å². The Morgan fingerprint density at radius 1 is 1.53 bits per heavy atom. The lowest BCUT2D eigenvalue weighted by molar-refractivity contribution is 0.0689. The third-order valence-corrected chi connectivity index (χ3v) is 2.93. The lowest BCUT2D eigenvalue weighted by Crippen LogP contribution is -2.39. The Bertz CT molecular complexity index is 443. The molecule has 0 saturated heterocycles. The van der Waals surface area contributed by atoms with Gasteiger partial charge in [0.2, 0.25) is 0 Å². The fourth-order valence-corrected chi connectivity index (χ4v) is 1.72. The Labute approximate surface area is 99.8 Å². The topological polar surface area (TPSA) is 66.1 Å². The molecule has 0 spiro atoms. The molecule has 0 unspecified atom stereocenters. The average molecular weight is 235 g/mol. The van der Waals surface area contributed by atoms with Crippen LogP contribution in [-0.2, 0) is 0 Å². The Hall–Kier alpha value is -1.65. The van der Waals surface area contributed by atoms with E-state index in [1.807, 2.05) is 18.7 Å². The normalized spacial score (nSPS) is 15.0. The molecule has 0 aromatic carbocycles. The molecule has 1 aliphatic rings. The highest BCUT2D eigenvalue weighted by Crippen LogP contribution is 2.30. The highest BCUT2D eigenvalue weighted by molar-refractivity contribution is 5.92. The SMILES string of the molecule is CC(C)N(CC1CC1)C(=O)c1ccc(=O)[nH]n1. The highest BCUT2D eigenvalue weighted by Gasteiger charge is 2.29. The standard InChI is InChI=1S/C12H17N3O2/c1-8(2)15(7-9-3-4-9)12(17)10-5-6-11(16)14-13-10/h5-6,8-9H,3-4,7H2,1-2H3,(H,14,16). The number of rotatable bonds is 4. The maximum atomic E-state index is 12.2. The van der Waals surface area contributed by atoms with Gasteiger partial charge in [0.1, 0.15) is 5.69 Å². The largest absolute Gasteiger partial charge is 0.335 e. The van der Waals surface area contributed by atoms with Crippen molar-refractivity contribution in [3.8, 4) is 0 Å². The van der Waals surface area contributed by atoms with E-state index < -0.39 is 0 Å². The molecule has 1 saturated carbocycles. The zero-order chi connectivity index (χ0) is 12.4. The summed E-state index contributed by atoms with van der Waals surface area (Å²) in [5.41, 5.74) is 0.0128. The van der Waals surface area contributed by atoms with E-state index in [0.29, 0.717) is 11.6 Å². The number of carbonyl (C=O) groups excluding carboxylic acids is 1. The molecule has 0 atom stereocenters. The first kappa shape index (κ1) is 11.8. The smallest absolute Gasteiger partial charge is 0.274 e. The molecule has 1 N–H and O–H groups in total. The summed E-state index contributed by atoms with van der Waals surface area (Å²) in [7, 11) is 0. The van der Waals surface area contributed by atoms with E-state index in [9.17, 15) is 9.59 Å². The maximum absolute atomic E-state index is 12.2. The van der Waals surface area contributed by atoms with Crippen LogP contribution in [0.5, 0.6) is 0 Å². The number of aromatic nitrogens is 2. The van der Waals surface area contributed by atoms with Crippen molar-refractivity contribution >= 4 is 5.91 Å². The predicted octanol–water partition coefficient (Wildman–Crippen LogP) is 1.03. The molecule has 1 heterocycles. The lowest BCUT2D eigenvalue weighted by atomic mass is 10.2. The van der Waals surface area contributed by atoms with Gasteiger partial charge in [-0.3, -0.25) is 9.59 Å². The third kappa shape index (κ3) is 2.93. The molecule has 0 aliphatic heterocycles. The summed E-state index contributed by atoms with van der Waals surface area (Å²) >= 11 is 0. The highest BCUT2D eigenvalue weighted by atomic mass is 16.2. The molecule has 92 valence electrons. The zero-order valence-corrected chi connectivity index (χ0v) is 10.1. The van der Waals surface area contributed by atoms with Gasteiger partial charge in [0, 0.05) is 18.7 Å². The molecule has 0 radical (unpaired) electrons. The van der Waals surface area contributed by atoms with Crippen molar-refractivity contribution in [2.45, 2.75) is 32.7 Å². The summed E-state index contributed by atoms with van der Waals surface area (Å²) in [5.74, 6) is 0.535. The molecular weight excluding hydrogens is 218 g/mol. The maximum Gasteiger partial charge on any atom is 0.274 e. The second-order valence-corrected chi connectivity index (χ2v) is 4.80. The van der Waals surface area contributed by atoms with Crippen molar-refractivity contribution in [3.05, 3.63) is 28.2 Å². The van der Waals surface area contributed by atoms with Gasteiger partial charge in [-0.25, -0.2) is 5.10 Å². The summed E-state index contributed by atoms with van der Waals surface area (Å²) < 4.78 is 0. The van der Waals surface area contributed by atoms with Gasteiger partial charge in [0.05, 0.1) is 0 Å². The lowest BCUT2D eigenvalue weighted by Gasteiger charge is -2.26. The van der Waals surface area contributed by atoms with Gasteiger partial charge in [0.15, 0.2) is 0 Å². The summed E-state index contributed by atoms with van der Waals surface area (Å²) in [4.78, 5) is 24.9. The zero-order valence-electron chi connectivity index (χ0n) is 10.1. The van der Waals surface area contributed by atoms with Crippen LogP contribution in [0.2, 0.25) is 0 Å². The quantitative estimate of drug-likeness (QED) is 0.847. The summed E-state index contributed by atoms with van der Waals surface area (Å²) in [6.45, 7) is 4.77. The third-order valence-electron chi connectivity index (χ3n) is 2.93. The van der Waals surface area contributed by atoms with Crippen molar-refractivity contribution in [1.29, 1.82) is 0 Å². The molecular formula is C12H17N3O2. The number of aromatic amines is 1. The summed E-state index contributed by atoms with van der Waals surface area (Å²) in [6, 6.07) is 2.95. The minimum atomic E-state index is -0.292. The van der Waals surface area contributed by atoms with Crippen LogP contribution in [0.3, 0.4) is 0 Å². The number of nitrogens with one attached hydrogen (secondary N) is 1. The van der Waals surface area contributed by atoms with Crippen LogP contribution in [0.1, 0.15) is 37.2 Å². The van der Waals surface area contributed by atoms with Gasteiger partial charge in [-0.1, -0.05) is 0 Å². The molecule has 5 nitrogen and oxygen atoms in total. The summed E-state index contributed by atoms with van der Waals surface area (Å²) in [5, 5.41) is 6.07. The van der Waals surface area contributed by atoms with Gasteiger partial charge in [0.25, 0.3) is 11.5 Å². The first-order valence-electron chi connectivity index (χ1n) is 5.94. The van der Waals surface area contributed by atoms with Crippen molar-refractivity contribution < 1.29 is 4.79 Å². The number of amides is 1. The van der Waals surface area contributed by atoms with E-state index >= 15 is 0 Å². The molecule has 1 fully saturated rings. The van der Waals surface area contributed by atoms with E-state index in [4.69, 9.17) is 0 Å². The van der Waals surface area contributed by atoms with E-state index in [-0.39, 0.29) is 17.5 Å². The van der Waals surface area contributed by atoms with Crippen LogP contribution in [0, 0.1) is 5.92 Å². The Morgan fingerprint density at radius 2 is 2.24 bits per heavy atom. The van der Waals surface area contributed by atoms with E-state index in [1.54, 1.807) is 0 Å². The van der Waals surface area contributed by atoms with Gasteiger partial charge < -0.3 is 4.90 Å². The van der Waals surface area contributed by atoms with Gasteiger partial charge in [-0.2, -0.15) is 5.10 Å². The number of carbonyl (C=O) groups is 1. The summed E-state index contributed by atoms with van der Waals surface area (Å²) in [6.07, 6.45) is 2.41. The fraction of sp³-hybridized carbons (Fsp3) is 0.583. The fourth-order valence-electron chi connectivity index (χ4n) is 1.72. The van der Waals surface area contributed by atoms with Crippen molar-refractivity contribution in [2.24, 2.45) is 5.92 Å². The predicted molar refractivity (Wildman–Crippen MR) is 63.8 cm³/mol. The van der Waals surface area contributed by atoms with Crippen molar-refractivity contribution in [1.82, 2.24) is 15.1 Å². The second-order valence-electron chi connectivity index (χ2n) is 4.80. The molecule has 1 amide bonds. The number of hydrogen-bond acceptors (Lipinski definition) is 3. The van der Waals surface area contributed by atoms with Crippen LogP contribution in [-0.4, -0.2) is 33.6 Å². The van der Waals surface area contributed by atoms with Crippen LogP contribution < -0.4 is 5.56 Å². The van der Waals surface area contributed by atoms with E-state index in [2.05, 4.69) is 10.2 Å². The number of nitrogens with zero attached hydrogens (tertiary/aromatic N) is 2. The Balaban J connectivity index is 2.14. The van der Waals surface area contributed by atoms with E-state index in [0.717, 1.165) is 6.54 Å². The van der Waals surface area contributed by atoms with Crippen molar-refractivity contribution in [3.63, 3.8) is 0 Å². The molecule has 2 rings (SSSR count). The number of H-pyrrole nitrogens is 1. The Kier molecular flexibility index (Phi) is 3.26. The minimum absolute atomic E-state index is 0.108. The van der Waals surface area contributed by atoms with Crippen LogP contribution in [0.4, 0.5) is 0 Å². The molecule has 17 heavy (non-hydrogen) atoms. The van der Waals surface area contributed by atoms with Gasteiger partial charge >= 0.3 is 0 Å². The number of hydrogen-bond donors (Lipinski definition) is 1. The first-order valence-corrected chi connectivity index (χ1v) is 5.94. The second kappa shape index (κ2) is 4.69. The minimum Gasteiger partial charge on any atom is -0.335 e. The van der Waals surface area contributed by atoms with Crippen molar-refractivity contribution in [2.75, 3.05) is 6.54 Å². The molecule has 1 aromatic heterocycles.